The molecule has 3 fully saturated rings. The van der Waals surface area contributed by atoms with Gasteiger partial charge in [0.25, 0.3) is 0 Å². The Kier molecular flexibility index (Phi) is 6.49. The molecule has 1 amide bonds. The van der Waals surface area contributed by atoms with Crippen LogP contribution in [-0.4, -0.2) is 64.9 Å². The number of ether oxygens (including phenoxy) is 2. The summed E-state index contributed by atoms with van der Waals surface area (Å²) in [5.74, 6) is -2.49. The minimum absolute atomic E-state index is 0.0382. The van der Waals surface area contributed by atoms with Gasteiger partial charge in [0.15, 0.2) is 5.82 Å². The van der Waals surface area contributed by atoms with Gasteiger partial charge in [-0.15, -0.1) is 0 Å². The van der Waals surface area contributed by atoms with E-state index in [0.29, 0.717) is 26.3 Å². The normalized spacial score (nSPS) is 22.5. The topological polar surface area (TPSA) is 89.0 Å². The Bertz CT molecular complexity index is 778. The number of carbonyl (C=O) groups excluding carboxylic acids is 1. The zero-order valence-electron chi connectivity index (χ0n) is 16.0. The van der Waals surface area contributed by atoms with Gasteiger partial charge in [-0.1, -0.05) is 6.42 Å². The predicted octanol–water partition coefficient (Wildman–Crippen LogP) is 2.65. The fourth-order valence-electron chi connectivity index (χ4n) is 3.70. The third kappa shape index (κ3) is 4.82. The number of rotatable bonds is 4. The number of alkyl halides is 3. The van der Waals surface area contributed by atoms with Crippen molar-refractivity contribution in [3.8, 4) is 5.88 Å². The molecule has 7 nitrogen and oxygen atoms in total. The van der Waals surface area contributed by atoms with E-state index in [1.54, 1.807) is 0 Å². The highest BCUT2D eigenvalue weighted by molar-refractivity contribution is 5.80. The molecule has 3 heterocycles. The van der Waals surface area contributed by atoms with Crippen LogP contribution in [0.5, 0.6) is 5.88 Å². The molecule has 1 aromatic heterocycles. The van der Waals surface area contributed by atoms with Gasteiger partial charge in [-0.25, -0.2) is 14.2 Å². The number of aromatic nitrogens is 1. The van der Waals surface area contributed by atoms with E-state index in [1.165, 1.54) is 18.3 Å². The van der Waals surface area contributed by atoms with Crippen molar-refractivity contribution in [3.63, 3.8) is 0 Å². The predicted molar refractivity (Wildman–Crippen MR) is 94.1 cm³/mol. The van der Waals surface area contributed by atoms with E-state index in [1.807, 2.05) is 4.90 Å². The number of pyridine rings is 1. The van der Waals surface area contributed by atoms with E-state index in [9.17, 15) is 22.4 Å². The van der Waals surface area contributed by atoms with Crippen molar-refractivity contribution < 1.29 is 41.7 Å². The van der Waals surface area contributed by atoms with Gasteiger partial charge in [0.1, 0.15) is 5.60 Å². The number of aliphatic carboxylic acids is 1. The number of hydrogen-bond donors (Lipinski definition) is 1. The Morgan fingerprint density at radius 2 is 1.97 bits per heavy atom. The Labute approximate surface area is 170 Å². The minimum Gasteiger partial charge on any atom is -0.475 e. The van der Waals surface area contributed by atoms with Gasteiger partial charge >= 0.3 is 12.1 Å². The lowest BCUT2D eigenvalue weighted by Gasteiger charge is -2.51. The standard InChI is InChI=1S/C17H21FN2O3.C2HF3O2/c18-14-5-2-7-19-15(14)22-9-13-6-8-23-17(13)10-20(11-17)16(21)12-3-1-4-12;3-2(4,5)1(6)7/h2,5,7,12-13H,1,3-4,6,8-11H2;(H,6,7). The van der Waals surface area contributed by atoms with Crippen LogP contribution < -0.4 is 4.74 Å². The molecule has 1 N–H and O–H groups in total. The van der Waals surface area contributed by atoms with E-state index < -0.39 is 18.0 Å². The number of hydrogen-bond acceptors (Lipinski definition) is 5. The Hall–Kier alpha value is -2.43. The third-order valence-corrected chi connectivity index (χ3v) is 5.67. The lowest BCUT2D eigenvalue weighted by Crippen LogP contribution is -2.67. The monoisotopic (exact) mass is 434 g/mol. The zero-order valence-corrected chi connectivity index (χ0v) is 16.0. The molecule has 1 unspecified atom stereocenters. The summed E-state index contributed by atoms with van der Waals surface area (Å²) in [6.45, 7) is 2.33. The average Bonchev–Trinajstić information content (AvgIpc) is 3.02. The minimum atomic E-state index is -5.08. The maximum absolute atomic E-state index is 13.6. The van der Waals surface area contributed by atoms with Gasteiger partial charge in [0.2, 0.25) is 11.8 Å². The van der Waals surface area contributed by atoms with Crippen molar-refractivity contribution in [2.45, 2.75) is 37.5 Å². The summed E-state index contributed by atoms with van der Waals surface area (Å²) in [4.78, 5) is 27.0. The van der Waals surface area contributed by atoms with Gasteiger partial charge in [-0.05, 0) is 31.4 Å². The van der Waals surface area contributed by atoms with Crippen molar-refractivity contribution in [3.05, 3.63) is 24.1 Å². The summed E-state index contributed by atoms with van der Waals surface area (Å²) < 4.78 is 56.8. The van der Waals surface area contributed by atoms with Gasteiger partial charge in [0.05, 0.1) is 19.7 Å². The molecule has 11 heteroatoms. The highest BCUT2D eigenvalue weighted by atomic mass is 19.4. The number of likely N-dealkylation sites (tertiary alicyclic amines) is 1. The highest BCUT2D eigenvalue weighted by Gasteiger charge is 2.55. The van der Waals surface area contributed by atoms with Crippen LogP contribution in [0.3, 0.4) is 0 Å². The highest BCUT2D eigenvalue weighted by Crippen LogP contribution is 2.42. The van der Waals surface area contributed by atoms with Crippen LogP contribution >= 0.6 is 0 Å². The second-order valence-corrected chi connectivity index (χ2v) is 7.63. The molecule has 166 valence electrons. The first kappa shape index (κ1) is 22.3. The molecule has 1 saturated carbocycles. The van der Waals surface area contributed by atoms with Crippen LogP contribution in [0.4, 0.5) is 17.6 Å². The fraction of sp³-hybridized carbons (Fsp3) is 0.632. The first-order chi connectivity index (χ1) is 14.1. The molecule has 2 saturated heterocycles. The van der Waals surface area contributed by atoms with Gasteiger partial charge in [-0.2, -0.15) is 13.2 Å². The molecule has 0 radical (unpaired) electrons. The lowest BCUT2D eigenvalue weighted by molar-refractivity contribution is -0.192. The van der Waals surface area contributed by atoms with E-state index in [-0.39, 0.29) is 29.2 Å². The first-order valence-corrected chi connectivity index (χ1v) is 9.58. The molecule has 3 aliphatic rings. The maximum atomic E-state index is 13.6. The summed E-state index contributed by atoms with van der Waals surface area (Å²) in [7, 11) is 0. The third-order valence-electron chi connectivity index (χ3n) is 5.67. The molecule has 1 aliphatic carbocycles. The lowest BCUT2D eigenvalue weighted by atomic mass is 9.78. The largest absolute Gasteiger partial charge is 0.490 e. The van der Waals surface area contributed by atoms with Crippen molar-refractivity contribution in [2.24, 2.45) is 11.8 Å². The van der Waals surface area contributed by atoms with Crippen molar-refractivity contribution in [1.29, 1.82) is 0 Å². The van der Waals surface area contributed by atoms with E-state index in [4.69, 9.17) is 19.4 Å². The molecule has 4 rings (SSSR count). The second kappa shape index (κ2) is 8.75. The Balaban J connectivity index is 0.000000318. The van der Waals surface area contributed by atoms with Crippen LogP contribution in [0, 0.1) is 17.7 Å². The molecule has 30 heavy (non-hydrogen) atoms. The summed E-state index contributed by atoms with van der Waals surface area (Å²) >= 11 is 0. The molecule has 1 aromatic rings. The number of carboxylic acids is 1. The van der Waals surface area contributed by atoms with Crippen LogP contribution in [0.15, 0.2) is 18.3 Å². The Morgan fingerprint density at radius 1 is 1.30 bits per heavy atom. The quantitative estimate of drug-likeness (QED) is 0.733. The summed E-state index contributed by atoms with van der Waals surface area (Å²) in [5.41, 5.74) is -0.301. The first-order valence-electron chi connectivity index (χ1n) is 9.58. The van der Waals surface area contributed by atoms with Crippen molar-refractivity contribution in [2.75, 3.05) is 26.3 Å². The van der Waals surface area contributed by atoms with Crippen molar-refractivity contribution in [1.82, 2.24) is 9.88 Å². The van der Waals surface area contributed by atoms with E-state index in [2.05, 4.69) is 4.98 Å². The number of carbonyl (C=O) groups is 2. The summed E-state index contributed by atoms with van der Waals surface area (Å²) in [6.07, 6.45) is 0.517. The molecular formula is C19H22F4N2O5. The Morgan fingerprint density at radius 3 is 2.50 bits per heavy atom. The van der Waals surface area contributed by atoms with E-state index in [0.717, 1.165) is 25.7 Å². The van der Waals surface area contributed by atoms with Gasteiger partial charge in [0, 0.05) is 24.6 Å². The van der Waals surface area contributed by atoms with Crippen LogP contribution in [0.1, 0.15) is 25.7 Å². The van der Waals surface area contributed by atoms with Gasteiger partial charge < -0.3 is 19.5 Å². The van der Waals surface area contributed by atoms with E-state index >= 15 is 0 Å². The molecular weight excluding hydrogens is 412 g/mol. The molecule has 1 spiro atoms. The SMILES string of the molecule is O=C(C1CCC1)N1CC2(C1)OCCC2COc1ncccc1F.O=C(O)C(F)(F)F. The van der Waals surface area contributed by atoms with Crippen LogP contribution in [0.2, 0.25) is 0 Å². The zero-order chi connectivity index (χ0) is 21.9. The number of halogens is 4. The summed E-state index contributed by atoms with van der Waals surface area (Å²) in [5, 5.41) is 7.12. The fourth-order valence-corrected chi connectivity index (χ4v) is 3.70. The molecule has 2 aliphatic heterocycles. The number of carboxylic acid groups (broad SMARTS) is 1. The van der Waals surface area contributed by atoms with Crippen LogP contribution in [-0.2, 0) is 14.3 Å². The maximum Gasteiger partial charge on any atom is 0.490 e. The van der Waals surface area contributed by atoms with Gasteiger partial charge in [-0.3, -0.25) is 4.79 Å². The summed E-state index contributed by atoms with van der Waals surface area (Å²) in [6, 6.07) is 2.88. The smallest absolute Gasteiger partial charge is 0.475 e. The van der Waals surface area contributed by atoms with Crippen molar-refractivity contribution >= 4 is 11.9 Å². The number of nitrogens with zero attached hydrogens (tertiary/aromatic N) is 2. The van der Waals surface area contributed by atoms with Crippen LogP contribution in [0.25, 0.3) is 0 Å². The number of amides is 1. The molecule has 0 bridgehead atoms. The molecule has 0 aromatic carbocycles. The molecule has 1 atom stereocenters. The average molecular weight is 434 g/mol. The second-order valence-electron chi connectivity index (χ2n) is 7.63.